The largest absolute Gasteiger partial charge is 0.207 e. The maximum Gasteiger partial charge on any atom is 0.126 e. The molecule has 0 aliphatic heterocycles. The molecule has 0 radical (unpaired) electrons. The van der Waals surface area contributed by atoms with Gasteiger partial charge in [0, 0.05) is 5.92 Å². The summed E-state index contributed by atoms with van der Waals surface area (Å²) in [6.07, 6.45) is 3.41. The molecule has 0 N–H and O–H groups in total. The van der Waals surface area contributed by atoms with Crippen LogP contribution in [-0.4, -0.2) is 0 Å². The van der Waals surface area contributed by atoms with Crippen molar-refractivity contribution in [2.45, 2.75) is 37.5 Å². The predicted molar refractivity (Wildman–Crippen MR) is 81.9 cm³/mol. The number of benzene rings is 2. The highest BCUT2D eigenvalue weighted by atomic mass is 35.5. The molecule has 2 aromatic rings. The first-order valence-electron chi connectivity index (χ1n) is 7.15. The number of hydrogen-bond donors (Lipinski definition) is 0. The molecule has 0 spiro atoms. The van der Waals surface area contributed by atoms with Crippen molar-refractivity contribution in [2.75, 3.05) is 0 Å². The number of fused-ring (bicyclic) bond motifs is 1. The molecule has 0 saturated heterocycles. The van der Waals surface area contributed by atoms with Crippen molar-refractivity contribution in [3.8, 4) is 0 Å². The quantitative estimate of drug-likeness (QED) is 0.637. The molecule has 0 saturated carbocycles. The molecule has 0 bridgehead atoms. The first-order valence-corrected chi connectivity index (χ1v) is 7.58. The number of hydrogen-bond acceptors (Lipinski definition) is 0. The van der Waals surface area contributed by atoms with E-state index >= 15 is 0 Å². The van der Waals surface area contributed by atoms with Crippen molar-refractivity contribution in [1.29, 1.82) is 0 Å². The highest BCUT2D eigenvalue weighted by Gasteiger charge is 2.27. The number of halogens is 2. The molecular formula is C18H18ClF. The summed E-state index contributed by atoms with van der Waals surface area (Å²) in [5.41, 5.74) is 4.46. The minimum absolute atomic E-state index is 0.0873. The molecule has 0 aromatic heterocycles. The Morgan fingerprint density at radius 1 is 1.20 bits per heavy atom. The van der Waals surface area contributed by atoms with Crippen LogP contribution in [0.3, 0.4) is 0 Å². The Morgan fingerprint density at radius 2 is 2.00 bits per heavy atom. The van der Waals surface area contributed by atoms with E-state index in [1.165, 1.54) is 23.6 Å². The fraction of sp³-hybridized carbons (Fsp3) is 0.333. The van der Waals surface area contributed by atoms with Gasteiger partial charge >= 0.3 is 0 Å². The van der Waals surface area contributed by atoms with E-state index in [4.69, 9.17) is 11.6 Å². The van der Waals surface area contributed by atoms with E-state index in [1.807, 2.05) is 12.1 Å². The molecule has 1 aliphatic carbocycles. The number of alkyl halides is 1. The fourth-order valence-corrected chi connectivity index (χ4v) is 3.56. The van der Waals surface area contributed by atoms with Crippen molar-refractivity contribution in [1.82, 2.24) is 0 Å². The number of aryl methyl sites for hydroxylation is 2. The molecule has 2 heteroatoms. The lowest BCUT2D eigenvalue weighted by atomic mass is 9.79. The molecule has 0 amide bonds. The van der Waals surface area contributed by atoms with Crippen LogP contribution in [0.15, 0.2) is 42.5 Å². The van der Waals surface area contributed by atoms with Gasteiger partial charge in [-0.3, -0.25) is 0 Å². The molecule has 104 valence electrons. The second-order valence-corrected chi connectivity index (χ2v) is 6.08. The third kappa shape index (κ3) is 2.47. The highest BCUT2D eigenvalue weighted by molar-refractivity contribution is 6.21. The minimum Gasteiger partial charge on any atom is -0.207 e. The van der Waals surface area contributed by atoms with Gasteiger partial charge in [0.1, 0.15) is 5.82 Å². The maximum absolute atomic E-state index is 13.4. The van der Waals surface area contributed by atoms with Gasteiger partial charge in [-0.1, -0.05) is 36.4 Å². The topological polar surface area (TPSA) is 0 Å². The average Bonchev–Trinajstić information content (AvgIpc) is 2.49. The van der Waals surface area contributed by atoms with Gasteiger partial charge in [0.15, 0.2) is 0 Å². The third-order valence-electron chi connectivity index (χ3n) is 4.27. The Balaban J connectivity index is 1.95. The van der Waals surface area contributed by atoms with E-state index in [0.29, 0.717) is 11.5 Å². The van der Waals surface area contributed by atoms with Crippen molar-refractivity contribution in [3.05, 3.63) is 70.5 Å². The Morgan fingerprint density at radius 3 is 2.80 bits per heavy atom. The lowest BCUT2D eigenvalue weighted by Crippen LogP contribution is -2.14. The monoisotopic (exact) mass is 288 g/mol. The molecule has 3 rings (SSSR count). The Hall–Kier alpha value is -1.34. The molecule has 2 aromatic carbocycles. The zero-order chi connectivity index (χ0) is 14.1. The van der Waals surface area contributed by atoms with Crippen LogP contribution >= 0.6 is 11.6 Å². The zero-order valence-corrected chi connectivity index (χ0v) is 12.3. The summed E-state index contributed by atoms with van der Waals surface area (Å²) in [6.45, 7) is 1.79. The van der Waals surface area contributed by atoms with Gasteiger partial charge < -0.3 is 0 Å². The van der Waals surface area contributed by atoms with E-state index in [2.05, 4.69) is 24.3 Å². The average molecular weight is 289 g/mol. The van der Waals surface area contributed by atoms with E-state index in [9.17, 15) is 4.39 Å². The van der Waals surface area contributed by atoms with E-state index in [1.54, 1.807) is 6.92 Å². The summed E-state index contributed by atoms with van der Waals surface area (Å²) in [4.78, 5) is 0. The van der Waals surface area contributed by atoms with Crippen LogP contribution in [0.25, 0.3) is 0 Å². The van der Waals surface area contributed by atoms with Crippen molar-refractivity contribution in [3.63, 3.8) is 0 Å². The summed E-state index contributed by atoms with van der Waals surface area (Å²) < 4.78 is 13.4. The molecule has 2 atom stereocenters. The Bertz CT molecular complexity index is 621. The van der Waals surface area contributed by atoms with Gasteiger partial charge in [-0.15, -0.1) is 11.6 Å². The van der Waals surface area contributed by atoms with Crippen LogP contribution in [0.4, 0.5) is 4.39 Å². The van der Waals surface area contributed by atoms with Gasteiger partial charge in [-0.2, -0.15) is 0 Å². The third-order valence-corrected chi connectivity index (χ3v) is 4.83. The van der Waals surface area contributed by atoms with Crippen LogP contribution in [0.2, 0.25) is 0 Å². The second kappa shape index (κ2) is 5.57. The smallest absolute Gasteiger partial charge is 0.126 e. The van der Waals surface area contributed by atoms with E-state index in [0.717, 1.165) is 18.4 Å². The van der Waals surface area contributed by atoms with Gasteiger partial charge in [-0.25, -0.2) is 4.39 Å². The fourth-order valence-electron chi connectivity index (χ4n) is 3.17. The standard InChI is InChI=1S/C18H18ClF/c1-12-11-14(9-10-17(12)20)18(19)16-8-4-6-13-5-2-3-7-15(13)16/h2-3,5,7,9-11,16,18H,4,6,8H2,1H3. The van der Waals surface area contributed by atoms with Crippen LogP contribution in [0.1, 0.15) is 46.4 Å². The minimum atomic E-state index is -0.165. The van der Waals surface area contributed by atoms with Crippen molar-refractivity contribution in [2.24, 2.45) is 0 Å². The zero-order valence-electron chi connectivity index (χ0n) is 11.6. The molecule has 20 heavy (non-hydrogen) atoms. The molecule has 0 fully saturated rings. The molecular weight excluding hydrogens is 271 g/mol. The summed E-state index contributed by atoms with van der Waals surface area (Å²) in [5.74, 6) is 0.160. The highest BCUT2D eigenvalue weighted by Crippen LogP contribution is 2.43. The molecule has 0 heterocycles. The van der Waals surface area contributed by atoms with Crippen molar-refractivity contribution < 1.29 is 4.39 Å². The predicted octanol–water partition coefficient (Wildman–Crippen LogP) is 5.53. The first-order chi connectivity index (χ1) is 9.66. The normalized spacial score (nSPS) is 19.4. The van der Waals surface area contributed by atoms with E-state index < -0.39 is 0 Å². The summed E-state index contributed by atoms with van der Waals surface area (Å²) in [6, 6.07) is 13.8. The van der Waals surface area contributed by atoms with Crippen LogP contribution in [0, 0.1) is 12.7 Å². The SMILES string of the molecule is Cc1cc(C(Cl)C2CCCc3ccccc32)ccc1F. The van der Waals surface area contributed by atoms with Gasteiger partial charge in [0.25, 0.3) is 0 Å². The first kappa shape index (κ1) is 13.6. The summed E-state index contributed by atoms with van der Waals surface area (Å²) in [7, 11) is 0. The summed E-state index contributed by atoms with van der Waals surface area (Å²) in [5, 5.41) is -0.0873. The van der Waals surface area contributed by atoms with Gasteiger partial charge in [0.05, 0.1) is 5.38 Å². The molecule has 2 unspecified atom stereocenters. The van der Waals surface area contributed by atoms with Crippen LogP contribution in [-0.2, 0) is 6.42 Å². The Labute approximate surface area is 124 Å². The lowest BCUT2D eigenvalue weighted by Gasteiger charge is -2.29. The van der Waals surface area contributed by atoms with E-state index in [-0.39, 0.29) is 11.2 Å². The Kier molecular flexibility index (Phi) is 3.80. The molecule has 1 aliphatic rings. The van der Waals surface area contributed by atoms with Gasteiger partial charge in [-0.05, 0) is 54.5 Å². The number of rotatable bonds is 2. The lowest BCUT2D eigenvalue weighted by molar-refractivity contribution is 0.537. The maximum atomic E-state index is 13.4. The second-order valence-electron chi connectivity index (χ2n) is 5.61. The molecule has 0 nitrogen and oxygen atoms in total. The van der Waals surface area contributed by atoms with Crippen LogP contribution in [0.5, 0.6) is 0 Å². The van der Waals surface area contributed by atoms with Crippen LogP contribution < -0.4 is 0 Å². The summed E-state index contributed by atoms with van der Waals surface area (Å²) >= 11 is 6.71. The van der Waals surface area contributed by atoms with Crippen molar-refractivity contribution >= 4 is 11.6 Å². The van der Waals surface area contributed by atoms with Gasteiger partial charge in [0.2, 0.25) is 0 Å².